The first-order chi connectivity index (χ1) is 9.30. The van der Waals surface area contributed by atoms with Crippen LogP contribution in [0, 0.1) is 0 Å². The van der Waals surface area contributed by atoms with Crippen LogP contribution in [0.25, 0.3) is 0 Å². The fourth-order valence-electron chi connectivity index (χ4n) is 1.83. The predicted octanol–water partition coefficient (Wildman–Crippen LogP) is 2.88. The number of ether oxygens (including phenoxy) is 2. The number of methoxy groups -OCH3 is 1. The summed E-state index contributed by atoms with van der Waals surface area (Å²) < 4.78 is 11.1. The van der Waals surface area contributed by atoms with Gasteiger partial charge in [0.05, 0.1) is 12.7 Å². The van der Waals surface area contributed by atoms with Crippen molar-refractivity contribution in [2.75, 3.05) is 19.5 Å². The second-order valence-electron chi connectivity index (χ2n) is 3.86. The molecular weight excluding hydrogens is 242 g/mol. The van der Waals surface area contributed by atoms with E-state index in [1.807, 2.05) is 38.2 Å². The van der Waals surface area contributed by atoms with Crippen LogP contribution in [0.2, 0.25) is 0 Å². The molecule has 0 unspecified atom stereocenters. The highest BCUT2D eigenvalue weighted by atomic mass is 16.5. The van der Waals surface area contributed by atoms with E-state index in [0.29, 0.717) is 17.4 Å². The van der Waals surface area contributed by atoms with E-state index >= 15 is 0 Å². The summed E-state index contributed by atoms with van der Waals surface area (Å²) in [4.78, 5) is 8.38. The molecule has 0 bridgehead atoms. The fraction of sp³-hybridized carbons (Fsp3) is 0.286. The summed E-state index contributed by atoms with van der Waals surface area (Å²) >= 11 is 0. The minimum Gasteiger partial charge on any atom is -0.493 e. The van der Waals surface area contributed by atoms with Gasteiger partial charge >= 0.3 is 0 Å². The van der Waals surface area contributed by atoms with E-state index in [9.17, 15) is 0 Å². The molecule has 1 heterocycles. The summed E-state index contributed by atoms with van der Waals surface area (Å²) in [6, 6.07) is 7.48. The van der Waals surface area contributed by atoms with Crippen molar-refractivity contribution in [3.8, 4) is 17.4 Å². The molecule has 0 fully saturated rings. The van der Waals surface area contributed by atoms with Gasteiger partial charge in [-0.3, -0.25) is 0 Å². The molecule has 100 valence electrons. The Morgan fingerprint density at radius 1 is 1.16 bits per heavy atom. The van der Waals surface area contributed by atoms with E-state index in [2.05, 4.69) is 15.3 Å². The molecule has 0 aliphatic heterocycles. The van der Waals surface area contributed by atoms with Gasteiger partial charge in [0.25, 0.3) is 0 Å². The molecule has 1 N–H and O–H groups in total. The Balaban J connectivity index is 2.38. The molecular formula is C14H17N3O2. The first-order valence-corrected chi connectivity index (χ1v) is 6.12. The van der Waals surface area contributed by atoms with E-state index in [1.54, 1.807) is 7.11 Å². The van der Waals surface area contributed by atoms with Gasteiger partial charge in [-0.25, -0.2) is 9.97 Å². The molecule has 2 rings (SSSR count). The minimum atomic E-state index is 0.548. The normalized spacial score (nSPS) is 10.1. The number of nitrogens with one attached hydrogen (secondary N) is 1. The number of rotatable bonds is 5. The topological polar surface area (TPSA) is 56.3 Å². The first-order valence-electron chi connectivity index (χ1n) is 6.12. The van der Waals surface area contributed by atoms with Crippen molar-refractivity contribution in [3.05, 3.63) is 36.2 Å². The third-order valence-electron chi connectivity index (χ3n) is 2.77. The SMILES string of the molecule is CCc1c(NC)ncnc1Oc1ccccc1OC. The van der Waals surface area contributed by atoms with E-state index in [1.165, 1.54) is 6.33 Å². The third-order valence-corrected chi connectivity index (χ3v) is 2.77. The highest BCUT2D eigenvalue weighted by Gasteiger charge is 2.12. The maximum Gasteiger partial charge on any atom is 0.227 e. The van der Waals surface area contributed by atoms with E-state index < -0.39 is 0 Å². The Bertz CT molecular complexity index is 558. The summed E-state index contributed by atoms with van der Waals surface area (Å²) in [5.41, 5.74) is 0.941. The van der Waals surface area contributed by atoms with Gasteiger partial charge in [0.1, 0.15) is 12.1 Å². The Morgan fingerprint density at radius 2 is 1.89 bits per heavy atom. The average molecular weight is 259 g/mol. The summed E-state index contributed by atoms with van der Waals surface area (Å²) in [6.45, 7) is 2.04. The summed E-state index contributed by atoms with van der Waals surface area (Å²) in [5, 5.41) is 3.04. The smallest absolute Gasteiger partial charge is 0.227 e. The van der Waals surface area contributed by atoms with Gasteiger partial charge in [-0.05, 0) is 18.6 Å². The molecule has 1 aromatic carbocycles. The highest BCUT2D eigenvalue weighted by Crippen LogP contribution is 2.33. The molecule has 0 spiro atoms. The van der Waals surface area contributed by atoms with Crippen LogP contribution in [0.5, 0.6) is 17.4 Å². The number of para-hydroxylation sites is 2. The standard InChI is InChI=1S/C14H17N3O2/c1-4-10-13(15-2)16-9-17-14(10)19-12-8-6-5-7-11(12)18-3/h5-9H,4H2,1-3H3,(H,15,16,17). The summed E-state index contributed by atoms with van der Waals surface area (Å²) in [6.07, 6.45) is 2.26. The van der Waals surface area contributed by atoms with Crippen LogP contribution in [0.3, 0.4) is 0 Å². The number of hydrogen-bond acceptors (Lipinski definition) is 5. The Hall–Kier alpha value is -2.30. The van der Waals surface area contributed by atoms with Gasteiger partial charge in [0, 0.05) is 7.05 Å². The second-order valence-corrected chi connectivity index (χ2v) is 3.86. The Morgan fingerprint density at radius 3 is 2.53 bits per heavy atom. The maximum atomic E-state index is 5.85. The van der Waals surface area contributed by atoms with Crippen LogP contribution >= 0.6 is 0 Å². The van der Waals surface area contributed by atoms with Crippen molar-refractivity contribution >= 4 is 5.82 Å². The lowest BCUT2D eigenvalue weighted by atomic mass is 10.2. The van der Waals surface area contributed by atoms with Gasteiger partial charge < -0.3 is 14.8 Å². The highest BCUT2D eigenvalue weighted by molar-refractivity contribution is 5.50. The lowest BCUT2D eigenvalue weighted by molar-refractivity contribution is 0.372. The molecule has 5 heteroatoms. The molecule has 0 saturated heterocycles. The monoisotopic (exact) mass is 259 g/mol. The molecule has 0 amide bonds. The van der Waals surface area contributed by atoms with Crippen LogP contribution in [0.15, 0.2) is 30.6 Å². The number of hydrogen-bond donors (Lipinski definition) is 1. The molecule has 0 aliphatic carbocycles. The molecule has 1 aromatic heterocycles. The zero-order valence-corrected chi connectivity index (χ0v) is 11.3. The summed E-state index contributed by atoms with van der Waals surface area (Å²) in [5.74, 6) is 2.64. The van der Waals surface area contributed by atoms with Gasteiger partial charge in [-0.1, -0.05) is 19.1 Å². The van der Waals surface area contributed by atoms with Crippen molar-refractivity contribution in [1.82, 2.24) is 9.97 Å². The van der Waals surface area contributed by atoms with Crippen molar-refractivity contribution in [2.24, 2.45) is 0 Å². The second kappa shape index (κ2) is 6.04. The Kier molecular flexibility index (Phi) is 4.18. The lowest BCUT2D eigenvalue weighted by Gasteiger charge is -2.13. The molecule has 0 aliphatic rings. The third kappa shape index (κ3) is 2.76. The minimum absolute atomic E-state index is 0.548. The molecule has 2 aromatic rings. The Labute approximate surface area is 112 Å². The average Bonchev–Trinajstić information content (AvgIpc) is 2.47. The number of anilines is 1. The van der Waals surface area contributed by atoms with Crippen molar-refractivity contribution in [1.29, 1.82) is 0 Å². The number of nitrogens with zero attached hydrogens (tertiary/aromatic N) is 2. The molecule has 19 heavy (non-hydrogen) atoms. The van der Waals surface area contributed by atoms with Crippen LogP contribution < -0.4 is 14.8 Å². The zero-order chi connectivity index (χ0) is 13.7. The lowest BCUT2D eigenvalue weighted by Crippen LogP contribution is -2.02. The van der Waals surface area contributed by atoms with E-state index in [-0.39, 0.29) is 0 Å². The first kappa shape index (κ1) is 13.1. The van der Waals surface area contributed by atoms with Crippen LogP contribution in [-0.4, -0.2) is 24.1 Å². The fourth-order valence-corrected chi connectivity index (χ4v) is 1.83. The van der Waals surface area contributed by atoms with Gasteiger partial charge in [0.15, 0.2) is 11.5 Å². The maximum absolute atomic E-state index is 5.85. The summed E-state index contributed by atoms with van der Waals surface area (Å²) in [7, 11) is 3.44. The predicted molar refractivity (Wildman–Crippen MR) is 74.0 cm³/mol. The van der Waals surface area contributed by atoms with Crippen LogP contribution in [-0.2, 0) is 6.42 Å². The van der Waals surface area contributed by atoms with E-state index in [4.69, 9.17) is 9.47 Å². The molecule has 0 atom stereocenters. The van der Waals surface area contributed by atoms with Crippen molar-refractivity contribution < 1.29 is 9.47 Å². The van der Waals surface area contributed by atoms with Gasteiger partial charge in [-0.2, -0.15) is 0 Å². The van der Waals surface area contributed by atoms with Gasteiger partial charge in [0.2, 0.25) is 5.88 Å². The molecule has 0 radical (unpaired) electrons. The van der Waals surface area contributed by atoms with Crippen molar-refractivity contribution in [3.63, 3.8) is 0 Å². The largest absolute Gasteiger partial charge is 0.493 e. The van der Waals surface area contributed by atoms with Crippen LogP contribution in [0.1, 0.15) is 12.5 Å². The quantitative estimate of drug-likeness (QED) is 0.894. The number of aromatic nitrogens is 2. The van der Waals surface area contributed by atoms with Gasteiger partial charge in [-0.15, -0.1) is 0 Å². The zero-order valence-electron chi connectivity index (χ0n) is 11.3. The number of benzene rings is 1. The van der Waals surface area contributed by atoms with Crippen LogP contribution in [0.4, 0.5) is 5.82 Å². The molecule has 0 saturated carbocycles. The molecule has 5 nitrogen and oxygen atoms in total. The van der Waals surface area contributed by atoms with Crippen molar-refractivity contribution in [2.45, 2.75) is 13.3 Å². The van der Waals surface area contributed by atoms with E-state index in [0.717, 1.165) is 17.8 Å².